The van der Waals surface area contributed by atoms with Crippen molar-refractivity contribution in [3.8, 4) is 11.6 Å². The number of fused-ring (bicyclic) bond motifs is 1. The summed E-state index contributed by atoms with van der Waals surface area (Å²) in [6, 6.07) is 4.14. The predicted molar refractivity (Wildman–Crippen MR) is 82.0 cm³/mol. The highest BCUT2D eigenvalue weighted by atomic mass is 16.5. The summed E-state index contributed by atoms with van der Waals surface area (Å²) in [6.07, 6.45) is 1.58. The molecule has 0 amide bonds. The molecule has 3 aromatic rings. The minimum absolute atomic E-state index is 0.468. The maximum Gasteiger partial charge on any atom is 0.250 e. The number of hydrogen-bond donors (Lipinski definition) is 2. The summed E-state index contributed by atoms with van der Waals surface area (Å²) in [5.74, 6) is 1.74. The first kappa shape index (κ1) is 13.4. The normalized spacial score (nSPS) is 10.9. The van der Waals surface area contributed by atoms with E-state index in [4.69, 9.17) is 4.74 Å². The van der Waals surface area contributed by atoms with Gasteiger partial charge in [-0.15, -0.1) is 0 Å². The molecule has 6 nitrogen and oxygen atoms in total. The van der Waals surface area contributed by atoms with Crippen LogP contribution in [-0.2, 0) is 0 Å². The van der Waals surface area contributed by atoms with Crippen molar-refractivity contribution in [2.75, 3.05) is 12.4 Å². The quantitative estimate of drug-likeness (QED) is 0.772. The SMILES string of the molecule is CNc1nc(Oc2cc(C)cc(C)c2C)c2[nH]cnc2n1. The first-order valence-corrected chi connectivity index (χ1v) is 6.73. The van der Waals surface area contributed by atoms with Crippen LogP contribution >= 0.6 is 0 Å². The maximum atomic E-state index is 6.02. The number of imidazole rings is 1. The zero-order chi connectivity index (χ0) is 15.0. The van der Waals surface area contributed by atoms with E-state index >= 15 is 0 Å². The van der Waals surface area contributed by atoms with Gasteiger partial charge in [-0.3, -0.25) is 0 Å². The molecular formula is C15H17N5O. The summed E-state index contributed by atoms with van der Waals surface area (Å²) in [5, 5.41) is 2.92. The van der Waals surface area contributed by atoms with Crippen LogP contribution in [-0.4, -0.2) is 27.0 Å². The molecule has 108 valence electrons. The van der Waals surface area contributed by atoms with E-state index in [0.29, 0.717) is 23.0 Å². The van der Waals surface area contributed by atoms with Crippen molar-refractivity contribution in [2.24, 2.45) is 0 Å². The number of benzene rings is 1. The lowest BCUT2D eigenvalue weighted by atomic mass is 10.1. The van der Waals surface area contributed by atoms with E-state index < -0.39 is 0 Å². The van der Waals surface area contributed by atoms with Gasteiger partial charge in [0.05, 0.1) is 6.33 Å². The van der Waals surface area contributed by atoms with E-state index in [1.54, 1.807) is 13.4 Å². The van der Waals surface area contributed by atoms with Crippen molar-refractivity contribution >= 4 is 17.1 Å². The van der Waals surface area contributed by atoms with Crippen molar-refractivity contribution in [1.82, 2.24) is 19.9 Å². The van der Waals surface area contributed by atoms with E-state index in [0.717, 1.165) is 16.9 Å². The van der Waals surface area contributed by atoms with Gasteiger partial charge in [-0.2, -0.15) is 9.97 Å². The smallest absolute Gasteiger partial charge is 0.250 e. The van der Waals surface area contributed by atoms with Crippen molar-refractivity contribution in [1.29, 1.82) is 0 Å². The Balaban J connectivity index is 2.11. The number of H-pyrrole nitrogens is 1. The highest BCUT2D eigenvalue weighted by molar-refractivity contribution is 5.77. The van der Waals surface area contributed by atoms with Gasteiger partial charge < -0.3 is 15.0 Å². The van der Waals surface area contributed by atoms with E-state index in [9.17, 15) is 0 Å². The second-order valence-electron chi connectivity index (χ2n) is 5.01. The largest absolute Gasteiger partial charge is 0.437 e. The lowest BCUT2D eigenvalue weighted by Crippen LogP contribution is -2.00. The van der Waals surface area contributed by atoms with Crippen molar-refractivity contribution in [3.63, 3.8) is 0 Å². The summed E-state index contributed by atoms with van der Waals surface area (Å²) in [6.45, 7) is 6.15. The van der Waals surface area contributed by atoms with Gasteiger partial charge in [0.2, 0.25) is 5.95 Å². The number of hydrogen-bond acceptors (Lipinski definition) is 5. The lowest BCUT2D eigenvalue weighted by Gasteiger charge is -2.12. The molecule has 2 N–H and O–H groups in total. The molecular weight excluding hydrogens is 266 g/mol. The molecule has 0 atom stereocenters. The number of aryl methyl sites for hydroxylation is 2. The number of ether oxygens (including phenoxy) is 1. The molecule has 0 aliphatic heterocycles. The number of nitrogens with one attached hydrogen (secondary N) is 2. The Hall–Kier alpha value is -2.63. The molecule has 2 heterocycles. The Bertz CT molecular complexity index is 809. The Morgan fingerprint density at radius 2 is 1.95 bits per heavy atom. The molecule has 2 aromatic heterocycles. The lowest BCUT2D eigenvalue weighted by molar-refractivity contribution is 0.463. The maximum absolute atomic E-state index is 6.02. The Labute approximate surface area is 122 Å². The third kappa shape index (κ3) is 2.40. The fourth-order valence-corrected chi connectivity index (χ4v) is 2.20. The topological polar surface area (TPSA) is 75.7 Å². The van der Waals surface area contributed by atoms with E-state index in [-0.39, 0.29) is 0 Å². The molecule has 0 saturated heterocycles. The van der Waals surface area contributed by atoms with Gasteiger partial charge in [-0.25, -0.2) is 4.98 Å². The summed E-state index contributed by atoms with van der Waals surface area (Å²) in [4.78, 5) is 15.8. The second kappa shape index (κ2) is 5.05. The molecule has 0 unspecified atom stereocenters. The molecule has 21 heavy (non-hydrogen) atoms. The average molecular weight is 283 g/mol. The minimum Gasteiger partial charge on any atom is -0.437 e. The fourth-order valence-electron chi connectivity index (χ4n) is 2.20. The summed E-state index contributed by atoms with van der Waals surface area (Å²) >= 11 is 0. The van der Waals surface area contributed by atoms with Crippen molar-refractivity contribution in [3.05, 3.63) is 35.2 Å². The molecule has 0 aliphatic carbocycles. The van der Waals surface area contributed by atoms with Crippen LogP contribution < -0.4 is 10.1 Å². The monoisotopic (exact) mass is 283 g/mol. The molecule has 0 radical (unpaired) electrons. The number of nitrogens with zero attached hydrogens (tertiary/aromatic N) is 3. The van der Waals surface area contributed by atoms with Crippen LogP contribution in [0.5, 0.6) is 11.6 Å². The number of anilines is 1. The number of rotatable bonds is 3. The third-order valence-corrected chi connectivity index (χ3v) is 3.45. The van der Waals surface area contributed by atoms with E-state index in [2.05, 4.69) is 38.2 Å². The second-order valence-corrected chi connectivity index (χ2v) is 5.01. The number of aromatic amines is 1. The molecule has 3 rings (SSSR count). The molecule has 0 bridgehead atoms. The van der Waals surface area contributed by atoms with Gasteiger partial charge in [0.25, 0.3) is 5.88 Å². The van der Waals surface area contributed by atoms with Crippen molar-refractivity contribution < 1.29 is 4.74 Å². The van der Waals surface area contributed by atoms with Crippen LogP contribution in [0.4, 0.5) is 5.95 Å². The van der Waals surface area contributed by atoms with Gasteiger partial charge in [-0.1, -0.05) is 6.07 Å². The van der Waals surface area contributed by atoms with Gasteiger partial charge in [0.15, 0.2) is 5.65 Å². The summed E-state index contributed by atoms with van der Waals surface area (Å²) < 4.78 is 6.02. The molecule has 0 spiro atoms. The summed E-state index contributed by atoms with van der Waals surface area (Å²) in [5.41, 5.74) is 4.70. The van der Waals surface area contributed by atoms with Gasteiger partial charge in [0.1, 0.15) is 11.3 Å². The Morgan fingerprint density at radius 3 is 2.71 bits per heavy atom. The first-order valence-electron chi connectivity index (χ1n) is 6.73. The first-order chi connectivity index (χ1) is 10.1. The van der Waals surface area contributed by atoms with Gasteiger partial charge >= 0.3 is 0 Å². The average Bonchev–Trinajstić information content (AvgIpc) is 2.92. The van der Waals surface area contributed by atoms with Crippen molar-refractivity contribution in [2.45, 2.75) is 20.8 Å². The molecule has 0 aliphatic rings. The summed E-state index contributed by atoms with van der Waals surface area (Å²) in [7, 11) is 1.76. The molecule has 1 aromatic carbocycles. The highest BCUT2D eigenvalue weighted by Crippen LogP contribution is 2.30. The molecule has 0 fully saturated rings. The van der Waals surface area contributed by atoms with Crippen LogP contribution in [0.15, 0.2) is 18.5 Å². The van der Waals surface area contributed by atoms with Crippen LogP contribution in [0.25, 0.3) is 11.2 Å². The van der Waals surface area contributed by atoms with E-state index in [1.165, 1.54) is 5.56 Å². The Morgan fingerprint density at radius 1 is 1.14 bits per heavy atom. The highest BCUT2D eigenvalue weighted by Gasteiger charge is 2.13. The molecule has 6 heteroatoms. The van der Waals surface area contributed by atoms with Gasteiger partial charge in [0, 0.05) is 7.05 Å². The standard InChI is InChI=1S/C15H17N5O/c1-8-5-9(2)10(3)11(6-8)21-14-12-13(18-7-17-12)19-15(16-4)20-14/h5-7H,1-4H3,(H2,16,17,18,19,20). The predicted octanol–water partition coefficient (Wildman–Crippen LogP) is 3.11. The van der Waals surface area contributed by atoms with Crippen LogP contribution in [0.2, 0.25) is 0 Å². The van der Waals surface area contributed by atoms with Crippen LogP contribution in [0.1, 0.15) is 16.7 Å². The Kier molecular flexibility index (Phi) is 3.21. The zero-order valence-electron chi connectivity index (χ0n) is 12.5. The zero-order valence-corrected chi connectivity index (χ0v) is 12.5. The van der Waals surface area contributed by atoms with Crippen LogP contribution in [0.3, 0.4) is 0 Å². The third-order valence-electron chi connectivity index (χ3n) is 3.45. The minimum atomic E-state index is 0.468. The van der Waals surface area contributed by atoms with Gasteiger partial charge in [-0.05, 0) is 43.5 Å². The van der Waals surface area contributed by atoms with Crippen LogP contribution in [0, 0.1) is 20.8 Å². The van der Waals surface area contributed by atoms with E-state index in [1.807, 2.05) is 19.9 Å². The fraction of sp³-hybridized carbons (Fsp3) is 0.267. The number of aromatic nitrogens is 4. The molecule has 0 saturated carbocycles.